The van der Waals surface area contributed by atoms with Crippen molar-refractivity contribution in [1.82, 2.24) is 40.1 Å². The predicted octanol–water partition coefficient (Wildman–Crippen LogP) is 3.75. The number of amides is 1. The Morgan fingerprint density at radius 1 is 1.17 bits per heavy atom. The van der Waals surface area contributed by atoms with Crippen LogP contribution >= 0.6 is 0 Å². The highest BCUT2D eigenvalue weighted by Gasteiger charge is 2.24. The number of pyridine rings is 2. The number of rotatable bonds is 9. The molecule has 1 amide bonds. The molecule has 5 heterocycles. The summed E-state index contributed by atoms with van der Waals surface area (Å²) in [5.74, 6) is -0.299. The average molecular weight is 573 g/mol. The molecule has 0 radical (unpaired) electrons. The molecular weight excluding hydrogens is 532 g/mol. The zero-order chi connectivity index (χ0) is 29.9. The molecule has 1 aliphatic heterocycles. The highest BCUT2D eigenvalue weighted by Crippen LogP contribution is 2.26. The molecule has 1 aliphatic rings. The number of hydrogen-bond donors (Lipinski definition) is 2. The smallest absolute Gasteiger partial charge is 0.276 e. The maximum absolute atomic E-state index is 13.0. The Morgan fingerprint density at radius 2 is 2.00 bits per heavy atom. The van der Waals surface area contributed by atoms with Gasteiger partial charge >= 0.3 is 0 Å². The first-order chi connectivity index (χ1) is 20.1. The summed E-state index contributed by atoms with van der Waals surface area (Å²) < 4.78 is 9.14. The number of aryl methyl sites for hydroxylation is 2. The fourth-order valence-corrected chi connectivity index (χ4v) is 5.24. The number of anilines is 2. The van der Waals surface area contributed by atoms with E-state index in [4.69, 9.17) is 4.74 Å². The summed E-state index contributed by atoms with van der Waals surface area (Å²) in [6.07, 6.45) is 8.13. The van der Waals surface area contributed by atoms with Crippen LogP contribution in [-0.4, -0.2) is 79.5 Å². The molecule has 42 heavy (non-hydrogen) atoms. The van der Waals surface area contributed by atoms with Gasteiger partial charge in [0.2, 0.25) is 0 Å². The van der Waals surface area contributed by atoms with E-state index >= 15 is 0 Å². The third kappa shape index (κ3) is 6.50. The fraction of sp³-hybridized carbons (Fsp3) is 0.467. The van der Waals surface area contributed by atoms with Crippen LogP contribution in [0.4, 0.5) is 11.4 Å². The summed E-state index contributed by atoms with van der Waals surface area (Å²) in [6.45, 7) is 16.2. The molecular formula is C30H40N10O2. The molecule has 0 spiro atoms. The van der Waals surface area contributed by atoms with Crippen molar-refractivity contribution in [3.8, 4) is 16.9 Å². The lowest BCUT2D eigenvalue weighted by Gasteiger charge is -2.38. The summed E-state index contributed by atoms with van der Waals surface area (Å²) >= 11 is 0. The van der Waals surface area contributed by atoms with E-state index in [2.05, 4.69) is 67.7 Å². The summed E-state index contributed by atoms with van der Waals surface area (Å²) in [5, 5.41) is 19.7. The Kier molecular flexibility index (Phi) is 8.64. The quantitative estimate of drug-likeness (QED) is 0.288. The first kappa shape index (κ1) is 29.3. The van der Waals surface area contributed by atoms with Crippen LogP contribution in [0.5, 0.6) is 0 Å². The van der Waals surface area contributed by atoms with Gasteiger partial charge in [-0.1, -0.05) is 5.21 Å². The number of carbonyl (C=O) groups excluding carboxylic acids is 1. The SMILES string of the molecule is CCOCCC1CNCCN1c1cncc(-c2cn(-c3cc(NC(=O)c4cc(C)n(C(C)(C)C)n4)cnc3C)nn2)c1. The molecule has 4 aromatic rings. The normalized spacial score (nSPS) is 15.7. The van der Waals surface area contributed by atoms with Crippen molar-refractivity contribution in [2.75, 3.05) is 43.1 Å². The third-order valence-corrected chi connectivity index (χ3v) is 7.31. The Labute approximate surface area is 246 Å². The fourth-order valence-electron chi connectivity index (χ4n) is 5.24. The monoisotopic (exact) mass is 572 g/mol. The first-order valence-corrected chi connectivity index (χ1v) is 14.4. The molecule has 222 valence electrons. The number of carbonyl (C=O) groups is 1. The van der Waals surface area contributed by atoms with Gasteiger partial charge in [-0.15, -0.1) is 5.10 Å². The van der Waals surface area contributed by atoms with E-state index in [-0.39, 0.29) is 11.4 Å². The van der Waals surface area contributed by atoms with Gasteiger partial charge in [0.1, 0.15) is 5.69 Å². The van der Waals surface area contributed by atoms with Crippen LogP contribution < -0.4 is 15.5 Å². The average Bonchev–Trinajstić information content (AvgIpc) is 3.62. The molecule has 4 aromatic heterocycles. The number of nitrogens with one attached hydrogen (secondary N) is 2. The van der Waals surface area contributed by atoms with Crippen LogP contribution in [0.1, 0.15) is 56.0 Å². The molecule has 12 nitrogen and oxygen atoms in total. The lowest BCUT2D eigenvalue weighted by Crippen LogP contribution is -2.51. The molecule has 1 fully saturated rings. The second-order valence-electron chi connectivity index (χ2n) is 11.6. The zero-order valence-corrected chi connectivity index (χ0v) is 25.3. The highest BCUT2D eigenvalue weighted by atomic mass is 16.5. The van der Waals surface area contributed by atoms with E-state index in [1.807, 2.05) is 43.9 Å². The van der Waals surface area contributed by atoms with Crippen LogP contribution in [0.15, 0.2) is 43.0 Å². The van der Waals surface area contributed by atoms with Gasteiger partial charge in [-0.05, 0) is 66.2 Å². The Bertz CT molecular complexity index is 1540. The van der Waals surface area contributed by atoms with Gasteiger partial charge in [0, 0.05) is 56.3 Å². The third-order valence-electron chi connectivity index (χ3n) is 7.31. The van der Waals surface area contributed by atoms with Gasteiger partial charge in [0.15, 0.2) is 5.69 Å². The number of aromatic nitrogens is 7. The van der Waals surface area contributed by atoms with Crippen molar-refractivity contribution in [3.05, 3.63) is 60.1 Å². The standard InChI is InChI=1S/C30H40N10O2/c1-7-42-11-8-24-17-31-9-10-38(24)25-13-22(15-32-18-25)27-19-39(37-35-27)28-14-23(16-33-21(28)3)34-29(41)26-12-20(2)40(36-26)30(4,5)6/h12-16,18-19,24,31H,7-11,17H2,1-6H3,(H,34,41). The van der Waals surface area contributed by atoms with Crippen LogP contribution in [0.2, 0.25) is 0 Å². The van der Waals surface area contributed by atoms with Crippen molar-refractivity contribution in [1.29, 1.82) is 0 Å². The number of nitrogens with zero attached hydrogens (tertiary/aromatic N) is 8. The Hall–Kier alpha value is -4.16. The van der Waals surface area contributed by atoms with Gasteiger partial charge in [0.05, 0.1) is 46.9 Å². The Balaban J connectivity index is 1.34. The van der Waals surface area contributed by atoms with E-state index in [9.17, 15) is 4.79 Å². The van der Waals surface area contributed by atoms with E-state index in [1.165, 1.54) is 0 Å². The summed E-state index contributed by atoms with van der Waals surface area (Å²) in [5.41, 5.74) is 5.68. The van der Waals surface area contributed by atoms with Crippen LogP contribution in [0, 0.1) is 13.8 Å². The van der Waals surface area contributed by atoms with Crippen molar-refractivity contribution < 1.29 is 9.53 Å². The number of ether oxygens (including phenoxy) is 1. The van der Waals surface area contributed by atoms with E-state index in [0.717, 1.165) is 61.9 Å². The molecule has 0 saturated carbocycles. The summed E-state index contributed by atoms with van der Waals surface area (Å²) in [6, 6.07) is 6.07. The highest BCUT2D eigenvalue weighted by molar-refractivity contribution is 6.03. The number of piperazine rings is 1. The predicted molar refractivity (Wildman–Crippen MR) is 162 cm³/mol. The molecule has 5 rings (SSSR count). The van der Waals surface area contributed by atoms with Gasteiger partial charge in [-0.2, -0.15) is 5.10 Å². The second kappa shape index (κ2) is 12.4. The van der Waals surface area contributed by atoms with Crippen LogP contribution in [0.25, 0.3) is 16.9 Å². The van der Waals surface area contributed by atoms with Crippen LogP contribution in [0.3, 0.4) is 0 Å². The van der Waals surface area contributed by atoms with E-state index < -0.39 is 0 Å². The Morgan fingerprint density at radius 3 is 2.76 bits per heavy atom. The maximum atomic E-state index is 13.0. The summed E-state index contributed by atoms with van der Waals surface area (Å²) in [4.78, 5) is 24.4. The van der Waals surface area contributed by atoms with Gasteiger partial charge in [-0.25, -0.2) is 4.68 Å². The van der Waals surface area contributed by atoms with Crippen molar-refractivity contribution in [2.24, 2.45) is 0 Å². The molecule has 2 N–H and O–H groups in total. The van der Waals surface area contributed by atoms with Gasteiger partial charge < -0.3 is 20.3 Å². The zero-order valence-electron chi connectivity index (χ0n) is 25.3. The maximum Gasteiger partial charge on any atom is 0.276 e. The van der Waals surface area contributed by atoms with E-state index in [0.29, 0.717) is 28.8 Å². The summed E-state index contributed by atoms with van der Waals surface area (Å²) in [7, 11) is 0. The topological polar surface area (TPSA) is 128 Å². The first-order valence-electron chi connectivity index (χ1n) is 14.4. The molecule has 1 atom stereocenters. The van der Waals surface area contributed by atoms with Gasteiger partial charge in [-0.3, -0.25) is 19.4 Å². The largest absolute Gasteiger partial charge is 0.382 e. The lowest BCUT2D eigenvalue weighted by atomic mass is 10.1. The number of hydrogen-bond acceptors (Lipinski definition) is 9. The van der Waals surface area contributed by atoms with Gasteiger partial charge in [0.25, 0.3) is 5.91 Å². The molecule has 0 aliphatic carbocycles. The molecule has 0 aromatic carbocycles. The lowest BCUT2D eigenvalue weighted by molar-refractivity contribution is 0.102. The molecule has 0 bridgehead atoms. The van der Waals surface area contributed by atoms with Crippen LogP contribution in [-0.2, 0) is 10.3 Å². The van der Waals surface area contributed by atoms with E-state index in [1.54, 1.807) is 23.1 Å². The van der Waals surface area contributed by atoms with Crippen molar-refractivity contribution in [3.63, 3.8) is 0 Å². The minimum Gasteiger partial charge on any atom is -0.382 e. The minimum absolute atomic E-state index is 0.225. The molecule has 1 unspecified atom stereocenters. The minimum atomic E-state index is -0.299. The second-order valence-corrected chi connectivity index (χ2v) is 11.6. The molecule has 1 saturated heterocycles. The molecule has 12 heteroatoms. The van der Waals surface area contributed by atoms with Crippen molar-refractivity contribution in [2.45, 2.75) is 59.5 Å². The van der Waals surface area contributed by atoms with Crippen molar-refractivity contribution >= 4 is 17.3 Å².